The first-order chi connectivity index (χ1) is 19.6. The Morgan fingerprint density at radius 3 is 2.20 bits per heavy atom. The zero-order valence-corrected chi connectivity index (χ0v) is 24.9. The number of anilines is 1. The van der Waals surface area contributed by atoms with Crippen molar-refractivity contribution in [1.29, 1.82) is 0 Å². The quantitative estimate of drug-likeness (QED) is 0.249. The Kier molecular flexibility index (Phi) is 11.5. The number of amides is 2. The number of halogens is 2. The Morgan fingerprint density at radius 1 is 0.976 bits per heavy atom. The van der Waals surface area contributed by atoms with E-state index in [1.54, 1.807) is 31.2 Å². The summed E-state index contributed by atoms with van der Waals surface area (Å²) in [5.74, 6) is -0.879. The number of nitrogens with one attached hydrogen (secondary N) is 1. The van der Waals surface area contributed by atoms with Gasteiger partial charge < -0.3 is 15.0 Å². The summed E-state index contributed by atoms with van der Waals surface area (Å²) in [4.78, 5) is 28.1. The van der Waals surface area contributed by atoms with Gasteiger partial charge in [-0.1, -0.05) is 37.1 Å². The fourth-order valence-electron chi connectivity index (χ4n) is 4.04. The molecule has 3 rings (SSSR count). The molecule has 0 spiro atoms. The number of rotatable bonds is 14. The van der Waals surface area contributed by atoms with Gasteiger partial charge in [-0.3, -0.25) is 13.9 Å². The van der Waals surface area contributed by atoms with E-state index >= 15 is 0 Å². The molecule has 220 valence electrons. The predicted octanol–water partition coefficient (Wildman–Crippen LogP) is 5.41. The van der Waals surface area contributed by atoms with Crippen molar-refractivity contribution < 1.29 is 27.1 Å². The van der Waals surface area contributed by atoms with E-state index in [1.807, 2.05) is 13.8 Å². The van der Waals surface area contributed by atoms with Gasteiger partial charge in [0.2, 0.25) is 11.8 Å². The number of benzene rings is 3. The van der Waals surface area contributed by atoms with Crippen LogP contribution in [0.15, 0.2) is 77.7 Å². The second kappa shape index (κ2) is 14.8. The van der Waals surface area contributed by atoms with E-state index in [0.29, 0.717) is 29.5 Å². The summed E-state index contributed by atoms with van der Waals surface area (Å²) in [6.45, 7) is 5.67. The van der Waals surface area contributed by atoms with Gasteiger partial charge in [0.15, 0.2) is 0 Å². The first-order valence-corrected chi connectivity index (χ1v) is 15.2. The minimum atomic E-state index is -4.23. The molecule has 0 heterocycles. The largest absolute Gasteiger partial charge is 0.494 e. The maximum Gasteiger partial charge on any atom is 0.264 e. The molecule has 0 aliphatic carbocycles. The van der Waals surface area contributed by atoms with Crippen LogP contribution in [-0.4, -0.2) is 50.9 Å². The van der Waals surface area contributed by atoms with Crippen LogP contribution in [0.3, 0.4) is 0 Å². The lowest BCUT2D eigenvalue weighted by Gasteiger charge is -2.32. The predicted molar refractivity (Wildman–Crippen MR) is 158 cm³/mol. The van der Waals surface area contributed by atoms with E-state index in [9.17, 15) is 22.4 Å². The highest BCUT2D eigenvalue weighted by molar-refractivity contribution is 7.92. The highest BCUT2D eigenvalue weighted by atomic mass is 35.5. The van der Waals surface area contributed by atoms with Crippen LogP contribution in [0.25, 0.3) is 0 Å². The minimum Gasteiger partial charge on any atom is -0.494 e. The number of sulfonamides is 1. The zero-order valence-electron chi connectivity index (χ0n) is 23.3. The second-order valence-corrected chi connectivity index (χ2v) is 11.7. The molecule has 0 bridgehead atoms. The summed E-state index contributed by atoms with van der Waals surface area (Å²) < 4.78 is 47.7. The standard InChI is InChI=1S/C30H35ClFN3O5S/c1-4-6-19-33-30(37)22(3)34(20-23-7-11-25(32)12-8-23)29(36)21-35(26-13-15-27(16-14-26)40-5-2)41(38,39)28-17-9-24(31)10-18-28/h7-18,22H,4-6,19-21H2,1-3H3,(H,33,37)/t22-/m1/s1. The Morgan fingerprint density at radius 2 is 1.61 bits per heavy atom. The van der Waals surface area contributed by atoms with Crippen molar-refractivity contribution >= 4 is 39.1 Å². The van der Waals surface area contributed by atoms with Gasteiger partial charge in [0, 0.05) is 18.1 Å². The molecule has 2 amide bonds. The highest BCUT2D eigenvalue weighted by Crippen LogP contribution is 2.27. The van der Waals surface area contributed by atoms with Crippen LogP contribution < -0.4 is 14.4 Å². The van der Waals surface area contributed by atoms with Crippen molar-refractivity contribution in [2.75, 3.05) is 24.0 Å². The van der Waals surface area contributed by atoms with E-state index in [2.05, 4.69) is 5.32 Å². The molecule has 0 aliphatic heterocycles. The van der Waals surface area contributed by atoms with Crippen LogP contribution in [0.5, 0.6) is 5.75 Å². The molecule has 11 heteroatoms. The normalized spacial score (nSPS) is 11.9. The van der Waals surface area contributed by atoms with Crippen molar-refractivity contribution in [3.05, 3.63) is 89.2 Å². The Labute approximate surface area is 246 Å². The molecule has 8 nitrogen and oxygen atoms in total. The summed E-state index contributed by atoms with van der Waals surface area (Å²) in [6.07, 6.45) is 1.65. The number of carbonyl (C=O) groups excluding carboxylic acids is 2. The minimum absolute atomic E-state index is 0.0282. The van der Waals surface area contributed by atoms with Gasteiger partial charge in [0.1, 0.15) is 24.2 Å². The molecule has 3 aromatic carbocycles. The lowest BCUT2D eigenvalue weighted by molar-refractivity contribution is -0.139. The first-order valence-electron chi connectivity index (χ1n) is 13.4. The average Bonchev–Trinajstić information content (AvgIpc) is 2.96. The number of hydrogen-bond acceptors (Lipinski definition) is 5. The van der Waals surface area contributed by atoms with Crippen molar-refractivity contribution in [3.63, 3.8) is 0 Å². The molecule has 0 fully saturated rings. The van der Waals surface area contributed by atoms with Gasteiger partial charge in [0.25, 0.3) is 10.0 Å². The second-order valence-electron chi connectivity index (χ2n) is 9.36. The summed E-state index contributed by atoms with van der Waals surface area (Å²) in [7, 11) is -4.23. The van der Waals surface area contributed by atoms with Crippen LogP contribution in [0.2, 0.25) is 5.02 Å². The van der Waals surface area contributed by atoms with E-state index < -0.39 is 34.3 Å². The maximum absolute atomic E-state index is 13.9. The van der Waals surface area contributed by atoms with Crippen molar-refractivity contribution in [2.24, 2.45) is 0 Å². The Hall–Kier alpha value is -3.63. The molecule has 0 saturated heterocycles. The SMILES string of the molecule is CCCCNC(=O)[C@@H](C)N(Cc1ccc(F)cc1)C(=O)CN(c1ccc(OCC)cc1)S(=O)(=O)c1ccc(Cl)cc1. The highest BCUT2D eigenvalue weighted by Gasteiger charge is 2.32. The molecule has 0 aromatic heterocycles. The molecule has 0 unspecified atom stereocenters. The average molecular weight is 604 g/mol. The maximum atomic E-state index is 13.9. The van der Waals surface area contributed by atoms with Gasteiger partial charge in [-0.15, -0.1) is 0 Å². The third-order valence-electron chi connectivity index (χ3n) is 6.38. The van der Waals surface area contributed by atoms with Gasteiger partial charge in [-0.25, -0.2) is 12.8 Å². The number of carbonyl (C=O) groups is 2. The smallest absolute Gasteiger partial charge is 0.264 e. The Balaban J connectivity index is 2.00. The van der Waals surface area contributed by atoms with Crippen LogP contribution in [-0.2, 0) is 26.2 Å². The summed E-state index contributed by atoms with van der Waals surface area (Å²) in [5.41, 5.74) is 0.819. The van der Waals surface area contributed by atoms with E-state index in [4.69, 9.17) is 16.3 Å². The molecule has 1 N–H and O–H groups in total. The van der Waals surface area contributed by atoms with Crippen LogP contribution in [0.1, 0.15) is 39.2 Å². The van der Waals surface area contributed by atoms with Gasteiger partial charge in [-0.2, -0.15) is 0 Å². The van der Waals surface area contributed by atoms with E-state index in [0.717, 1.165) is 17.1 Å². The molecule has 0 aliphatic rings. The fourth-order valence-corrected chi connectivity index (χ4v) is 5.58. The summed E-state index contributed by atoms with van der Waals surface area (Å²) in [6, 6.07) is 16.6. The fraction of sp³-hybridized carbons (Fsp3) is 0.333. The van der Waals surface area contributed by atoms with Crippen LogP contribution >= 0.6 is 11.6 Å². The van der Waals surface area contributed by atoms with Gasteiger partial charge in [0.05, 0.1) is 17.2 Å². The number of nitrogens with zero attached hydrogens (tertiary/aromatic N) is 2. The Bertz CT molecular complexity index is 1400. The van der Waals surface area contributed by atoms with E-state index in [-0.39, 0.29) is 23.0 Å². The lowest BCUT2D eigenvalue weighted by Crippen LogP contribution is -2.51. The van der Waals surface area contributed by atoms with Crippen LogP contribution in [0.4, 0.5) is 10.1 Å². The van der Waals surface area contributed by atoms with Crippen molar-refractivity contribution in [3.8, 4) is 5.75 Å². The van der Waals surface area contributed by atoms with Gasteiger partial charge >= 0.3 is 0 Å². The number of hydrogen-bond donors (Lipinski definition) is 1. The number of unbranched alkanes of at least 4 members (excludes halogenated alkanes) is 1. The molecule has 0 radical (unpaired) electrons. The first kappa shape index (κ1) is 31.9. The van der Waals surface area contributed by atoms with Crippen LogP contribution in [0, 0.1) is 5.82 Å². The van der Waals surface area contributed by atoms with Crippen molar-refractivity contribution in [1.82, 2.24) is 10.2 Å². The molecule has 0 saturated carbocycles. The molecule has 3 aromatic rings. The third-order valence-corrected chi connectivity index (χ3v) is 8.42. The molecule has 1 atom stereocenters. The number of ether oxygens (including phenoxy) is 1. The summed E-state index contributed by atoms with van der Waals surface area (Å²) in [5, 5.41) is 3.19. The third kappa shape index (κ3) is 8.68. The molecular formula is C30H35ClFN3O5S. The molecule has 41 heavy (non-hydrogen) atoms. The monoisotopic (exact) mass is 603 g/mol. The van der Waals surface area contributed by atoms with Gasteiger partial charge in [-0.05, 0) is 86.5 Å². The lowest BCUT2D eigenvalue weighted by atomic mass is 10.1. The topological polar surface area (TPSA) is 96.0 Å². The van der Waals surface area contributed by atoms with E-state index in [1.165, 1.54) is 53.4 Å². The van der Waals surface area contributed by atoms with Crippen molar-refractivity contribution in [2.45, 2.75) is 51.1 Å². The zero-order chi connectivity index (χ0) is 30.0. The molecular weight excluding hydrogens is 569 g/mol. The summed E-state index contributed by atoms with van der Waals surface area (Å²) >= 11 is 5.98.